The second-order valence-corrected chi connectivity index (χ2v) is 4.71. The second kappa shape index (κ2) is 5.88. The summed E-state index contributed by atoms with van der Waals surface area (Å²) in [7, 11) is 1.78. The zero-order valence-electron chi connectivity index (χ0n) is 11.0. The van der Waals surface area contributed by atoms with Crippen molar-refractivity contribution >= 4 is 29.1 Å². The van der Waals surface area contributed by atoms with E-state index in [0.29, 0.717) is 18.3 Å². The lowest BCUT2D eigenvalue weighted by atomic mass is 10.1. The molecule has 1 aliphatic heterocycles. The van der Waals surface area contributed by atoms with Gasteiger partial charge in [-0.05, 0) is 36.8 Å². The minimum Gasteiger partial charge on any atom is -0.447 e. The number of cyclic esters (lactones) is 1. The topological polar surface area (TPSA) is 53.6 Å². The van der Waals surface area contributed by atoms with Crippen LogP contribution in [0, 0.1) is 0 Å². The Kier molecular flexibility index (Phi) is 4.21. The van der Waals surface area contributed by atoms with E-state index in [1.54, 1.807) is 11.9 Å². The molecule has 0 aromatic heterocycles. The Bertz CT molecular complexity index is 475. The lowest BCUT2D eigenvalue weighted by molar-refractivity contribution is 0.181. The molecule has 1 atom stereocenters. The Morgan fingerprint density at radius 3 is 2.63 bits per heavy atom. The van der Waals surface area contributed by atoms with Gasteiger partial charge in [0.2, 0.25) is 0 Å². The standard InChI is InChI=1S/C13H17N3O2S/c1-9(15-12(19)14-2)10-3-5-11(6-4-10)16-7-8-18-13(16)17/h3-6,9H,7-8H2,1-2H3,(H2,14,15,19)/t9-/m1/s1. The lowest BCUT2D eigenvalue weighted by Crippen LogP contribution is -2.34. The van der Waals surface area contributed by atoms with E-state index in [4.69, 9.17) is 17.0 Å². The van der Waals surface area contributed by atoms with Gasteiger partial charge in [-0.3, -0.25) is 4.90 Å². The molecule has 5 nitrogen and oxygen atoms in total. The van der Waals surface area contributed by atoms with Crippen LogP contribution in [-0.4, -0.2) is 31.4 Å². The molecule has 1 saturated heterocycles. The SMILES string of the molecule is CNC(=S)N[C@H](C)c1ccc(N2CCOC2=O)cc1. The number of carbonyl (C=O) groups is 1. The molecule has 1 aromatic rings. The number of thiocarbonyl (C=S) groups is 1. The molecule has 2 N–H and O–H groups in total. The zero-order chi connectivity index (χ0) is 13.8. The summed E-state index contributed by atoms with van der Waals surface area (Å²) in [6.07, 6.45) is -0.282. The highest BCUT2D eigenvalue weighted by Crippen LogP contribution is 2.21. The first-order chi connectivity index (χ1) is 9.11. The van der Waals surface area contributed by atoms with Crippen molar-refractivity contribution in [2.24, 2.45) is 0 Å². The Morgan fingerprint density at radius 1 is 1.42 bits per heavy atom. The highest BCUT2D eigenvalue weighted by molar-refractivity contribution is 7.80. The summed E-state index contributed by atoms with van der Waals surface area (Å²) >= 11 is 5.07. The average molecular weight is 279 g/mol. The molecular weight excluding hydrogens is 262 g/mol. The number of carbonyl (C=O) groups excluding carboxylic acids is 1. The van der Waals surface area contributed by atoms with Crippen molar-refractivity contribution in [3.8, 4) is 0 Å². The number of amides is 1. The van der Waals surface area contributed by atoms with Crippen LogP contribution in [0.4, 0.5) is 10.5 Å². The van der Waals surface area contributed by atoms with Crippen molar-refractivity contribution in [1.82, 2.24) is 10.6 Å². The fraction of sp³-hybridized carbons (Fsp3) is 0.385. The highest BCUT2D eigenvalue weighted by atomic mass is 32.1. The number of ether oxygens (including phenoxy) is 1. The molecule has 1 aromatic carbocycles. The third kappa shape index (κ3) is 3.14. The monoisotopic (exact) mass is 279 g/mol. The van der Waals surface area contributed by atoms with Gasteiger partial charge in [-0.1, -0.05) is 12.1 Å². The first kappa shape index (κ1) is 13.6. The van der Waals surface area contributed by atoms with Crippen molar-refractivity contribution in [2.45, 2.75) is 13.0 Å². The molecular formula is C13H17N3O2S. The maximum atomic E-state index is 11.4. The normalized spacial score (nSPS) is 15.9. The number of hydrogen-bond acceptors (Lipinski definition) is 3. The molecule has 1 aliphatic rings. The number of nitrogens with one attached hydrogen (secondary N) is 2. The number of nitrogens with zero attached hydrogens (tertiary/aromatic N) is 1. The molecule has 6 heteroatoms. The van der Waals surface area contributed by atoms with Crippen molar-refractivity contribution in [2.75, 3.05) is 25.1 Å². The van der Waals surface area contributed by atoms with Crippen LogP contribution in [0.1, 0.15) is 18.5 Å². The third-order valence-corrected chi connectivity index (χ3v) is 3.36. The summed E-state index contributed by atoms with van der Waals surface area (Å²) in [5, 5.41) is 6.65. The maximum Gasteiger partial charge on any atom is 0.414 e. The predicted octanol–water partition coefficient (Wildman–Crippen LogP) is 1.80. The van der Waals surface area contributed by atoms with E-state index in [1.165, 1.54) is 0 Å². The summed E-state index contributed by atoms with van der Waals surface area (Å²) in [6.45, 7) is 3.09. The Morgan fingerprint density at radius 2 is 2.11 bits per heavy atom. The minimum absolute atomic E-state index is 0.111. The molecule has 0 radical (unpaired) electrons. The minimum atomic E-state index is -0.282. The second-order valence-electron chi connectivity index (χ2n) is 4.30. The summed E-state index contributed by atoms with van der Waals surface area (Å²) in [4.78, 5) is 13.1. The Balaban J connectivity index is 2.05. The summed E-state index contributed by atoms with van der Waals surface area (Å²) < 4.78 is 4.91. The molecule has 1 amide bonds. The van der Waals surface area contributed by atoms with Gasteiger partial charge in [-0.15, -0.1) is 0 Å². The van der Waals surface area contributed by atoms with Crippen LogP contribution in [0.3, 0.4) is 0 Å². The van der Waals surface area contributed by atoms with Crippen LogP contribution in [0.5, 0.6) is 0 Å². The summed E-state index contributed by atoms with van der Waals surface area (Å²) in [5.41, 5.74) is 1.96. The summed E-state index contributed by atoms with van der Waals surface area (Å²) in [5.74, 6) is 0. The first-order valence-corrected chi connectivity index (χ1v) is 6.55. The summed E-state index contributed by atoms with van der Waals surface area (Å²) in [6, 6.07) is 7.92. The zero-order valence-corrected chi connectivity index (χ0v) is 11.8. The molecule has 0 saturated carbocycles. The first-order valence-electron chi connectivity index (χ1n) is 6.14. The Labute approximate surface area is 117 Å². The number of benzene rings is 1. The van der Waals surface area contributed by atoms with Crippen LogP contribution in [0.15, 0.2) is 24.3 Å². The van der Waals surface area contributed by atoms with Gasteiger partial charge in [0.1, 0.15) is 6.61 Å². The van der Waals surface area contributed by atoms with Gasteiger partial charge in [0.25, 0.3) is 0 Å². The third-order valence-electron chi connectivity index (χ3n) is 3.04. The molecule has 0 unspecified atom stereocenters. The van der Waals surface area contributed by atoms with Gasteiger partial charge in [0.15, 0.2) is 5.11 Å². The van der Waals surface area contributed by atoms with E-state index in [-0.39, 0.29) is 12.1 Å². The van der Waals surface area contributed by atoms with Gasteiger partial charge in [0, 0.05) is 12.7 Å². The molecule has 1 heterocycles. The van der Waals surface area contributed by atoms with Crippen LogP contribution in [0.25, 0.3) is 0 Å². The fourth-order valence-electron chi connectivity index (χ4n) is 1.92. The quantitative estimate of drug-likeness (QED) is 0.826. The average Bonchev–Trinajstić information content (AvgIpc) is 2.85. The number of anilines is 1. The highest BCUT2D eigenvalue weighted by Gasteiger charge is 2.23. The predicted molar refractivity (Wildman–Crippen MR) is 78.3 cm³/mol. The van der Waals surface area contributed by atoms with Crippen LogP contribution < -0.4 is 15.5 Å². The van der Waals surface area contributed by atoms with Gasteiger partial charge in [-0.2, -0.15) is 0 Å². The molecule has 0 spiro atoms. The van der Waals surface area contributed by atoms with Crippen LogP contribution in [-0.2, 0) is 4.74 Å². The van der Waals surface area contributed by atoms with Crippen molar-refractivity contribution in [3.05, 3.63) is 29.8 Å². The Hall–Kier alpha value is -1.82. The van der Waals surface area contributed by atoms with E-state index >= 15 is 0 Å². The van der Waals surface area contributed by atoms with Gasteiger partial charge < -0.3 is 15.4 Å². The van der Waals surface area contributed by atoms with E-state index in [9.17, 15) is 4.79 Å². The smallest absolute Gasteiger partial charge is 0.414 e. The molecule has 0 aliphatic carbocycles. The van der Waals surface area contributed by atoms with Crippen LogP contribution >= 0.6 is 12.2 Å². The van der Waals surface area contributed by atoms with Crippen molar-refractivity contribution in [1.29, 1.82) is 0 Å². The number of hydrogen-bond donors (Lipinski definition) is 2. The van der Waals surface area contributed by atoms with E-state index in [2.05, 4.69) is 10.6 Å². The van der Waals surface area contributed by atoms with Crippen molar-refractivity contribution in [3.63, 3.8) is 0 Å². The largest absolute Gasteiger partial charge is 0.447 e. The molecule has 2 rings (SSSR count). The van der Waals surface area contributed by atoms with Crippen LogP contribution in [0.2, 0.25) is 0 Å². The maximum absolute atomic E-state index is 11.4. The molecule has 102 valence electrons. The van der Waals surface area contributed by atoms with Gasteiger partial charge in [0.05, 0.1) is 12.6 Å². The van der Waals surface area contributed by atoms with E-state index in [1.807, 2.05) is 31.2 Å². The lowest BCUT2D eigenvalue weighted by Gasteiger charge is -2.18. The van der Waals surface area contributed by atoms with Gasteiger partial charge in [-0.25, -0.2) is 4.79 Å². The van der Waals surface area contributed by atoms with Gasteiger partial charge >= 0.3 is 6.09 Å². The fourth-order valence-corrected chi connectivity index (χ4v) is 2.10. The molecule has 0 bridgehead atoms. The van der Waals surface area contributed by atoms with E-state index in [0.717, 1.165) is 11.3 Å². The molecule has 1 fully saturated rings. The number of rotatable bonds is 3. The molecule has 19 heavy (non-hydrogen) atoms. The van der Waals surface area contributed by atoms with E-state index < -0.39 is 0 Å². The van der Waals surface area contributed by atoms with Crippen molar-refractivity contribution < 1.29 is 9.53 Å².